The van der Waals surface area contributed by atoms with Crippen molar-refractivity contribution >= 4 is 17.7 Å². The first kappa shape index (κ1) is 20.1. The Morgan fingerprint density at radius 3 is 2.37 bits per heavy atom. The zero-order valence-electron chi connectivity index (χ0n) is 15.2. The Morgan fingerprint density at radius 1 is 1.00 bits per heavy atom. The van der Waals surface area contributed by atoms with Crippen LogP contribution in [0.5, 0.6) is 11.5 Å². The summed E-state index contributed by atoms with van der Waals surface area (Å²) in [7, 11) is 3.12. The topological polar surface area (TPSA) is 106 Å². The minimum atomic E-state index is -0.990. The van der Waals surface area contributed by atoms with Gasteiger partial charge in [-0.3, -0.25) is 0 Å². The summed E-state index contributed by atoms with van der Waals surface area (Å²) in [5, 5.41) is 14.3. The van der Waals surface area contributed by atoms with Crippen molar-refractivity contribution in [1.29, 1.82) is 0 Å². The Labute approximate surface area is 157 Å². The van der Waals surface area contributed by atoms with Crippen LogP contribution in [-0.4, -0.2) is 44.5 Å². The van der Waals surface area contributed by atoms with Gasteiger partial charge in [0.25, 0.3) is 0 Å². The number of rotatable bonds is 9. The van der Waals surface area contributed by atoms with Gasteiger partial charge < -0.3 is 30.0 Å². The van der Waals surface area contributed by atoms with E-state index in [2.05, 4.69) is 10.6 Å². The smallest absolute Gasteiger partial charge is 0.335 e. The van der Waals surface area contributed by atoms with Crippen molar-refractivity contribution in [1.82, 2.24) is 5.32 Å². The lowest BCUT2D eigenvalue weighted by atomic mass is 10.1. The summed E-state index contributed by atoms with van der Waals surface area (Å²) < 4.78 is 15.8. The van der Waals surface area contributed by atoms with Crippen LogP contribution in [0.1, 0.15) is 15.9 Å². The number of hydrogen-bond donors (Lipinski definition) is 3. The molecule has 8 heteroatoms. The van der Waals surface area contributed by atoms with Crippen LogP contribution in [0.15, 0.2) is 42.5 Å². The number of carboxylic acid groups (broad SMARTS) is 1. The van der Waals surface area contributed by atoms with Gasteiger partial charge in [-0.15, -0.1) is 0 Å². The third kappa shape index (κ3) is 6.19. The van der Waals surface area contributed by atoms with Gasteiger partial charge in [0, 0.05) is 25.4 Å². The molecule has 27 heavy (non-hydrogen) atoms. The summed E-state index contributed by atoms with van der Waals surface area (Å²) in [6.07, 6.45) is 0. The molecule has 0 heterocycles. The number of methoxy groups -OCH3 is 2. The van der Waals surface area contributed by atoms with Gasteiger partial charge in [-0.2, -0.15) is 0 Å². The molecule has 0 fully saturated rings. The standard InChI is InChI=1S/C19H22N2O6/c1-25-9-10-27-17-11-15(7-8-16(17)26-2)21-19(24)20-12-13-3-5-14(6-4-13)18(22)23/h3-8,11H,9-10,12H2,1-2H3,(H,22,23)(H2,20,21,24). The lowest BCUT2D eigenvalue weighted by molar-refractivity contribution is 0.0697. The fourth-order valence-corrected chi connectivity index (χ4v) is 2.23. The Bertz CT molecular complexity index is 776. The van der Waals surface area contributed by atoms with Crippen molar-refractivity contribution in [2.24, 2.45) is 0 Å². The van der Waals surface area contributed by atoms with Crippen molar-refractivity contribution in [3.63, 3.8) is 0 Å². The Kier molecular flexibility index (Phi) is 7.45. The van der Waals surface area contributed by atoms with E-state index < -0.39 is 12.0 Å². The first-order chi connectivity index (χ1) is 13.0. The maximum atomic E-state index is 12.1. The van der Waals surface area contributed by atoms with Crippen LogP contribution in [-0.2, 0) is 11.3 Å². The van der Waals surface area contributed by atoms with Crippen LogP contribution >= 0.6 is 0 Å². The maximum Gasteiger partial charge on any atom is 0.335 e. The Hall–Kier alpha value is -3.26. The van der Waals surface area contributed by atoms with Crippen LogP contribution in [0.25, 0.3) is 0 Å². The second kappa shape index (κ2) is 10.0. The summed E-state index contributed by atoms with van der Waals surface area (Å²) in [4.78, 5) is 22.9. The third-order valence-corrected chi connectivity index (χ3v) is 3.62. The number of aromatic carboxylic acids is 1. The minimum absolute atomic E-state index is 0.197. The predicted molar refractivity (Wildman–Crippen MR) is 99.6 cm³/mol. The first-order valence-electron chi connectivity index (χ1n) is 8.20. The van der Waals surface area contributed by atoms with Gasteiger partial charge in [-0.25, -0.2) is 9.59 Å². The second-order valence-electron chi connectivity index (χ2n) is 5.52. The second-order valence-corrected chi connectivity index (χ2v) is 5.52. The molecule has 0 radical (unpaired) electrons. The molecule has 2 amide bonds. The van der Waals surface area contributed by atoms with Crippen LogP contribution in [0.2, 0.25) is 0 Å². The van der Waals surface area contributed by atoms with Crippen LogP contribution in [0.4, 0.5) is 10.5 Å². The van der Waals surface area contributed by atoms with Gasteiger partial charge in [0.05, 0.1) is 19.3 Å². The Balaban J connectivity index is 1.92. The zero-order chi connectivity index (χ0) is 19.6. The van der Waals surface area contributed by atoms with E-state index >= 15 is 0 Å². The number of carbonyl (C=O) groups is 2. The molecule has 0 aliphatic heterocycles. The molecule has 3 N–H and O–H groups in total. The van der Waals surface area contributed by atoms with Crippen molar-refractivity contribution < 1.29 is 28.9 Å². The number of hydrogen-bond acceptors (Lipinski definition) is 5. The first-order valence-corrected chi connectivity index (χ1v) is 8.20. The maximum absolute atomic E-state index is 12.1. The van der Waals surface area contributed by atoms with E-state index in [9.17, 15) is 9.59 Å². The van der Waals surface area contributed by atoms with Crippen molar-refractivity contribution in [3.8, 4) is 11.5 Å². The molecule has 2 aromatic carbocycles. The van der Waals surface area contributed by atoms with Crippen LogP contribution < -0.4 is 20.1 Å². The molecule has 0 aliphatic carbocycles. The van der Waals surface area contributed by atoms with Gasteiger partial charge in [0.2, 0.25) is 0 Å². The highest BCUT2D eigenvalue weighted by Gasteiger charge is 2.09. The summed E-state index contributed by atoms with van der Waals surface area (Å²) in [5.41, 5.74) is 1.53. The molecule has 0 spiro atoms. The van der Waals surface area contributed by atoms with E-state index in [1.807, 2.05) is 0 Å². The SMILES string of the molecule is COCCOc1cc(NC(=O)NCc2ccc(C(=O)O)cc2)ccc1OC. The number of urea groups is 1. The third-order valence-electron chi connectivity index (χ3n) is 3.62. The normalized spacial score (nSPS) is 10.1. The van der Waals surface area contributed by atoms with E-state index in [1.54, 1.807) is 37.4 Å². The molecule has 0 aromatic heterocycles. The fourth-order valence-electron chi connectivity index (χ4n) is 2.23. The number of anilines is 1. The number of nitrogens with one attached hydrogen (secondary N) is 2. The van der Waals surface area contributed by atoms with Crippen molar-refractivity contribution in [3.05, 3.63) is 53.6 Å². The van der Waals surface area contributed by atoms with Crippen LogP contribution in [0.3, 0.4) is 0 Å². The highest BCUT2D eigenvalue weighted by atomic mass is 16.5. The van der Waals surface area contributed by atoms with E-state index in [1.165, 1.54) is 19.2 Å². The molecule has 2 aromatic rings. The van der Waals surface area contributed by atoms with Gasteiger partial charge in [-0.1, -0.05) is 12.1 Å². The van der Waals surface area contributed by atoms with Crippen LogP contribution in [0, 0.1) is 0 Å². The number of amides is 2. The van der Waals surface area contributed by atoms with E-state index in [0.29, 0.717) is 30.4 Å². The molecule has 2 rings (SSSR count). The molecule has 0 saturated heterocycles. The summed E-state index contributed by atoms with van der Waals surface area (Å²) in [6, 6.07) is 10.9. The number of carboxylic acids is 1. The molecule has 0 bridgehead atoms. The number of benzene rings is 2. The summed E-state index contributed by atoms with van der Waals surface area (Å²) >= 11 is 0. The van der Waals surface area contributed by atoms with Gasteiger partial charge in [-0.05, 0) is 29.8 Å². The van der Waals surface area contributed by atoms with E-state index in [-0.39, 0.29) is 12.1 Å². The molecule has 8 nitrogen and oxygen atoms in total. The molecule has 0 unspecified atom stereocenters. The van der Waals surface area contributed by atoms with E-state index in [0.717, 1.165) is 5.56 Å². The van der Waals surface area contributed by atoms with Crippen molar-refractivity contribution in [2.75, 3.05) is 32.8 Å². The number of ether oxygens (including phenoxy) is 3. The molecular weight excluding hydrogens is 352 g/mol. The highest BCUT2D eigenvalue weighted by molar-refractivity contribution is 5.89. The molecular formula is C19H22N2O6. The average Bonchev–Trinajstić information content (AvgIpc) is 2.67. The largest absolute Gasteiger partial charge is 0.493 e. The molecule has 144 valence electrons. The average molecular weight is 374 g/mol. The lowest BCUT2D eigenvalue weighted by Gasteiger charge is -2.13. The molecule has 0 saturated carbocycles. The van der Waals surface area contributed by atoms with E-state index in [4.69, 9.17) is 19.3 Å². The Morgan fingerprint density at radius 2 is 1.74 bits per heavy atom. The summed E-state index contributed by atoms with van der Waals surface area (Å²) in [5.74, 6) is 0.0578. The fraction of sp³-hybridized carbons (Fsp3) is 0.263. The molecule has 0 aliphatic rings. The van der Waals surface area contributed by atoms with Gasteiger partial charge in [0.1, 0.15) is 6.61 Å². The minimum Gasteiger partial charge on any atom is -0.493 e. The molecule has 0 atom stereocenters. The highest BCUT2D eigenvalue weighted by Crippen LogP contribution is 2.30. The van der Waals surface area contributed by atoms with Crippen molar-refractivity contribution in [2.45, 2.75) is 6.54 Å². The van der Waals surface area contributed by atoms with Gasteiger partial charge >= 0.3 is 12.0 Å². The zero-order valence-corrected chi connectivity index (χ0v) is 15.2. The summed E-state index contributed by atoms with van der Waals surface area (Å²) in [6.45, 7) is 1.05. The number of carbonyl (C=O) groups excluding carboxylic acids is 1. The van der Waals surface area contributed by atoms with Gasteiger partial charge in [0.15, 0.2) is 11.5 Å². The monoisotopic (exact) mass is 374 g/mol. The quantitative estimate of drug-likeness (QED) is 0.583. The lowest BCUT2D eigenvalue weighted by Crippen LogP contribution is -2.28. The predicted octanol–water partition coefficient (Wildman–Crippen LogP) is 2.74.